The van der Waals surface area contributed by atoms with Gasteiger partial charge in [0.2, 0.25) is 0 Å². The molecule has 0 bridgehead atoms. The highest BCUT2D eigenvalue weighted by atomic mass is 16.5. The number of fused-ring (bicyclic) bond motifs is 1. The van der Waals surface area contributed by atoms with Gasteiger partial charge in [0.15, 0.2) is 11.6 Å². The summed E-state index contributed by atoms with van der Waals surface area (Å²) in [4.78, 5) is 28.8. The van der Waals surface area contributed by atoms with Crippen molar-refractivity contribution in [3.8, 4) is 11.5 Å². The van der Waals surface area contributed by atoms with E-state index in [1.165, 1.54) is 13.1 Å². The third-order valence-electron chi connectivity index (χ3n) is 3.80. The minimum atomic E-state index is -1.65. The van der Waals surface area contributed by atoms with Crippen molar-refractivity contribution in [1.82, 2.24) is 10.3 Å². The van der Waals surface area contributed by atoms with Crippen LogP contribution in [-0.4, -0.2) is 29.5 Å². The van der Waals surface area contributed by atoms with Crippen LogP contribution in [0.15, 0.2) is 42.6 Å². The molecule has 3 rings (SSSR count). The molecule has 0 radical (unpaired) electrons. The monoisotopic (exact) mass is 327 g/mol. The predicted octanol–water partition coefficient (Wildman–Crippen LogP) is 1.50. The molecule has 7 nitrogen and oxygen atoms in total. The first-order valence-electron chi connectivity index (χ1n) is 7.39. The molecular formula is C17H17N3O4. The van der Waals surface area contributed by atoms with Crippen LogP contribution in [0.4, 0.5) is 5.82 Å². The molecule has 0 saturated carbocycles. The van der Waals surface area contributed by atoms with E-state index in [0.717, 1.165) is 11.3 Å². The quantitative estimate of drug-likeness (QED) is 0.831. The molecule has 0 fully saturated rings. The number of carbonyl (C=O) groups excluding carboxylic acids is 2. The van der Waals surface area contributed by atoms with Crippen molar-refractivity contribution >= 4 is 17.6 Å². The van der Waals surface area contributed by atoms with Gasteiger partial charge in [-0.15, -0.1) is 0 Å². The summed E-state index contributed by atoms with van der Waals surface area (Å²) in [7, 11) is 1.59. The van der Waals surface area contributed by atoms with Crippen LogP contribution in [0.5, 0.6) is 11.5 Å². The molecule has 0 saturated heterocycles. The zero-order valence-electron chi connectivity index (χ0n) is 13.3. The normalized spacial score (nSPS) is 18.8. The van der Waals surface area contributed by atoms with Crippen LogP contribution in [0.3, 0.4) is 0 Å². The average Bonchev–Trinajstić information content (AvgIpc) is 2.61. The number of amides is 2. The zero-order chi connectivity index (χ0) is 17.2. The highest BCUT2D eigenvalue weighted by Gasteiger charge is 2.47. The van der Waals surface area contributed by atoms with E-state index in [1.807, 2.05) is 12.1 Å². The molecule has 1 aliphatic rings. The van der Waals surface area contributed by atoms with Gasteiger partial charge in [-0.25, -0.2) is 4.98 Å². The molecule has 1 aromatic heterocycles. The number of methoxy groups -OCH3 is 1. The maximum Gasteiger partial charge on any atom is 0.279 e. The summed E-state index contributed by atoms with van der Waals surface area (Å²) < 4.78 is 10.7. The fraction of sp³-hybridized carbons (Fsp3) is 0.235. The van der Waals surface area contributed by atoms with Gasteiger partial charge in [0.25, 0.3) is 17.4 Å². The molecule has 1 aromatic carbocycles. The van der Waals surface area contributed by atoms with E-state index in [4.69, 9.17) is 9.47 Å². The number of nitrogens with zero attached hydrogens (tertiary/aromatic N) is 1. The average molecular weight is 327 g/mol. The summed E-state index contributed by atoms with van der Waals surface area (Å²) in [5.41, 5.74) is -0.770. The van der Waals surface area contributed by atoms with Gasteiger partial charge < -0.3 is 20.1 Å². The SMILES string of the molecule is COc1ccc(CNC(=O)[C@]2(C)Oc3cccnc3NC2=O)cc1. The Morgan fingerprint density at radius 1 is 1.33 bits per heavy atom. The first-order chi connectivity index (χ1) is 11.5. The third kappa shape index (κ3) is 2.88. The Morgan fingerprint density at radius 2 is 2.08 bits per heavy atom. The summed E-state index contributed by atoms with van der Waals surface area (Å²) >= 11 is 0. The van der Waals surface area contributed by atoms with Crippen LogP contribution in [0.2, 0.25) is 0 Å². The molecule has 0 aliphatic carbocycles. The van der Waals surface area contributed by atoms with Crippen molar-refractivity contribution in [1.29, 1.82) is 0 Å². The Labute approximate surface area is 139 Å². The second kappa shape index (κ2) is 6.19. The Kier molecular flexibility index (Phi) is 4.07. The first kappa shape index (κ1) is 15.8. The van der Waals surface area contributed by atoms with Crippen LogP contribution < -0.4 is 20.1 Å². The molecule has 24 heavy (non-hydrogen) atoms. The number of pyridine rings is 1. The van der Waals surface area contributed by atoms with Crippen molar-refractivity contribution in [3.63, 3.8) is 0 Å². The number of rotatable bonds is 4. The number of anilines is 1. The maximum absolute atomic E-state index is 12.5. The summed E-state index contributed by atoms with van der Waals surface area (Å²) in [6.45, 7) is 1.70. The fourth-order valence-corrected chi connectivity index (χ4v) is 2.30. The van der Waals surface area contributed by atoms with Gasteiger partial charge in [-0.1, -0.05) is 12.1 Å². The van der Waals surface area contributed by atoms with Crippen molar-refractivity contribution in [2.75, 3.05) is 12.4 Å². The minimum absolute atomic E-state index is 0.273. The second-order valence-electron chi connectivity index (χ2n) is 5.47. The number of carbonyl (C=O) groups is 2. The van der Waals surface area contributed by atoms with Crippen LogP contribution >= 0.6 is 0 Å². The molecule has 1 aliphatic heterocycles. The second-order valence-corrected chi connectivity index (χ2v) is 5.47. The van der Waals surface area contributed by atoms with Crippen molar-refractivity contribution in [2.45, 2.75) is 19.1 Å². The van der Waals surface area contributed by atoms with Gasteiger partial charge >= 0.3 is 0 Å². The Morgan fingerprint density at radius 3 is 2.79 bits per heavy atom. The van der Waals surface area contributed by atoms with Crippen LogP contribution in [0.25, 0.3) is 0 Å². The van der Waals surface area contributed by atoms with E-state index in [1.54, 1.807) is 31.4 Å². The highest BCUT2D eigenvalue weighted by Crippen LogP contribution is 2.31. The third-order valence-corrected chi connectivity index (χ3v) is 3.80. The summed E-state index contributed by atoms with van der Waals surface area (Å²) in [5, 5.41) is 5.31. The van der Waals surface area contributed by atoms with Gasteiger partial charge in [0, 0.05) is 12.7 Å². The molecule has 0 unspecified atom stereocenters. The lowest BCUT2D eigenvalue weighted by atomic mass is 10.0. The molecular weight excluding hydrogens is 310 g/mol. The Bertz CT molecular complexity index is 776. The molecule has 2 heterocycles. The van der Waals surface area contributed by atoms with Gasteiger partial charge in [-0.2, -0.15) is 0 Å². The number of ether oxygens (including phenoxy) is 2. The standard InChI is InChI=1S/C17H17N3O4/c1-17(16(22)20-14-13(24-17)4-3-9-18-14)15(21)19-10-11-5-7-12(23-2)8-6-11/h3-9H,10H2,1-2H3,(H,19,21)(H,18,20,22)/t17-/m0/s1. The zero-order valence-corrected chi connectivity index (χ0v) is 13.3. The molecule has 124 valence electrons. The molecule has 7 heteroatoms. The van der Waals surface area contributed by atoms with E-state index in [2.05, 4.69) is 15.6 Å². The summed E-state index contributed by atoms with van der Waals surface area (Å²) in [6.07, 6.45) is 1.54. The first-order valence-corrected chi connectivity index (χ1v) is 7.39. The van der Waals surface area contributed by atoms with Gasteiger partial charge in [-0.05, 0) is 36.8 Å². The smallest absolute Gasteiger partial charge is 0.279 e. The van der Waals surface area contributed by atoms with Gasteiger partial charge in [0.1, 0.15) is 5.75 Å². The fourth-order valence-electron chi connectivity index (χ4n) is 2.30. The maximum atomic E-state index is 12.5. The Hall–Kier alpha value is -3.09. The van der Waals surface area contributed by atoms with Gasteiger partial charge in [-0.3, -0.25) is 9.59 Å². The van der Waals surface area contributed by atoms with Crippen LogP contribution in [0.1, 0.15) is 12.5 Å². The largest absolute Gasteiger partial charge is 0.497 e. The van der Waals surface area contributed by atoms with E-state index < -0.39 is 17.4 Å². The lowest BCUT2D eigenvalue weighted by molar-refractivity contribution is -0.146. The number of hydrogen-bond donors (Lipinski definition) is 2. The van der Waals surface area contributed by atoms with E-state index in [0.29, 0.717) is 11.6 Å². The van der Waals surface area contributed by atoms with Crippen molar-refractivity contribution in [2.24, 2.45) is 0 Å². The van der Waals surface area contributed by atoms with E-state index in [9.17, 15) is 9.59 Å². The van der Waals surface area contributed by atoms with Crippen LogP contribution in [0, 0.1) is 0 Å². The van der Waals surface area contributed by atoms with Crippen molar-refractivity contribution < 1.29 is 19.1 Å². The number of hydrogen-bond acceptors (Lipinski definition) is 5. The topological polar surface area (TPSA) is 89.6 Å². The van der Waals surface area contributed by atoms with E-state index in [-0.39, 0.29) is 6.54 Å². The molecule has 1 atom stereocenters. The number of nitrogens with one attached hydrogen (secondary N) is 2. The predicted molar refractivity (Wildman–Crippen MR) is 86.7 cm³/mol. The molecule has 2 aromatic rings. The number of benzene rings is 1. The van der Waals surface area contributed by atoms with E-state index >= 15 is 0 Å². The summed E-state index contributed by atoms with van der Waals surface area (Å²) in [6, 6.07) is 10.6. The van der Waals surface area contributed by atoms with Crippen LogP contribution in [-0.2, 0) is 16.1 Å². The highest BCUT2D eigenvalue weighted by molar-refractivity contribution is 6.15. The molecule has 2 amide bonds. The lowest BCUT2D eigenvalue weighted by Gasteiger charge is -2.32. The van der Waals surface area contributed by atoms with Crippen molar-refractivity contribution in [3.05, 3.63) is 48.2 Å². The Balaban J connectivity index is 1.70. The lowest BCUT2D eigenvalue weighted by Crippen LogP contribution is -2.58. The molecule has 0 spiro atoms. The van der Waals surface area contributed by atoms with Gasteiger partial charge in [0.05, 0.1) is 7.11 Å². The number of aromatic nitrogens is 1. The summed E-state index contributed by atoms with van der Waals surface area (Å²) in [5.74, 6) is 0.324. The minimum Gasteiger partial charge on any atom is -0.497 e. The molecule has 2 N–H and O–H groups in total.